The number of nitrogens with one attached hydrogen (secondary N) is 1. The molecule has 3 aromatic rings. The number of halogens is 1. The highest BCUT2D eigenvalue weighted by Crippen LogP contribution is 2.19. The first-order chi connectivity index (χ1) is 14.1. The van der Waals surface area contributed by atoms with Crippen LogP contribution >= 0.6 is 0 Å². The number of rotatable bonds is 8. The molecule has 0 bridgehead atoms. The second-order valence-electron chi connectivity index (χ2n) is 6.34. The van der Waals surface area contributed by atoms with Gasteiger partial charge in [-0.05, 0) is 47.5 Å². The molecule has 0 spiro atoms. The summed E-state index contributed by atoms with van der Waals surface area (Å²) in [5.41, 5.74) is 2.44. The molecule has 0 aliphatic rings. The highest BCUT2D eigenvalue weighted by Gasteiger charge is 2.13. The molecule has 0 saturated heterocycles. The molecular formula is C23H22FNO4. The Hall–Kier alpha value is -3.38. The van der Waals surface area contributed by atoms with E-state index >= 15 is 0 Å². The molecule has 0 saturated carbocycles. The number of carbonyl (C=O) groups is 1. The Balaban J connectivity index is 1.58. The van der Waals surface area contributed by atoms with Crippen LogP contribution in [0.2, 0.25) is 0 Å². The Labute approximate surface area is 169 Å². The van der Waals surface area contributed by atoms with Gasteiger partial charge in [-0.1, -0.05) is 24.3 Å². The molecule has 150 valence electrons. The molecule has 5 nitrogen and oxygen atoms in total. The van der Waals surface area contributed by atoms with Gasteiger partial charge in [0.15, 0.2) is 0 Å². The Morgan fingerprint density at radius 3 is 2.24 bits per heavy atom. The zero-order chi connectivity index (χ0) is 20.6. The smallest absolute Gasteiger partial charge is 0.258 e. The summed E-state index contributed by atoms with van der Waals surface area (Å²) in [6, 6.07) is 19.0. The first-order valence-corrected chi connectivity index (χ1v) is 9.03. The van der Waals surface area contributed by atoms with Crippen molar-refractivity contribution in [1.82, 2.24) is 0 Å². The van der Waals surface area contributed by atoms with Crippen LogP contribution in [0.1, 0.15) is 21.5 Å². The van der Waals surface area contributed by atoms with E-state index in [1.807, 2.05) is 36.4 Å². The van der Waals surface area contributed by atoms with E-state index < -0.39 is 11.7 Å². The summed E-state index contributed by atoms with van der Waals surface area (Å²) in [6.07, 6.45) is 0. The highest BCUT2D eigenvalue weighted by molar-refractivity contribution is 6.04. The van der Waals surface area contributed by atoms with Gasteiger partial charge in [-0.2, -0.15) is 0 Å². The normalized spacial score (nSPS) is 10.4. The Kier molecular flexibility index (Phi) is 6.81. The summed E-state index contributed by atoms with van der Waals surface area (Å²) in [4.78, 5) is 12.4. The van der Waals surface area contributed by atoms with E-state index in [0.29, 0.717) is 24.7 Å². The number of ether oxygens (including phenoxy) is 3. The molecule has 0 unspecified atom stereocenters. The minimum absolute atomic E-state index is 0.0491. The van der Waals surface area contributed by atoms with Gasteiger partial charge in [0, 0.05) is 11.8 Å². The van der Waals surface area contributed by atoms with Crippen molar-refractivity contribution in [2.75, 3.05) is 19.5 Å². The maximum Gasteiger partial charge on any atom is 0.258 e. The number of hydrogen-bond donors (Lipinski definition) is 1. The third-order valence-corrected chi connectivity index (χ3v) is 4.30. The fraction of sp³-hybridized carbons (Fsp3) is 0.174. The largest absolute Gasteiger partial charge is 0.497 e. The topological polar surface area (TPSA) is 56.8 Å². The van der Waals surface area contributed by atoms with Crippen molar-refractivity contribution >= 4 is 11.6 Å². The lowest BCUT2D eigenvalue weighted by Gasteiger charge is -2.10. The molecular weight excluding hydrogens is 373 g/mol. The molecule has 6 heteroatoms. The van der Waals surface area contributed by atoms with E-state index in [-0.39, 0.29) is 5.56 Å². The van der Waals surface area contributed by atoms with Gasteiger partial charge in [0.1, 0.15) is 17.3 Å². The lowest BCUT2D eigenvalue weighted by Crippen LogP contribution is -2.14. The van der Waals surface area contributed by atoms with E-state index in [4.69, 9.17) is 14.2 Å². The van der Waals surface area contributed by atoms with E-state index in [1.54, 1.807) is 25.3 Å². The van der Waals surface area contributed by atoms with Gasteiger partial charge in [0.05, 0.1) is 33.0 Å². The maximum absolute atomic E-state index is 14.1. The first kappa shape index (κ1) is 20.4. The molecule has 0 radical (unpaired) electrons. The quantitative estimate of drug-likeness (QED) is 0.595. The lowest BCUT2D eigenvalue weighted by atomic mass is 10.1. The van der Waals surface area contributed by atoms with E-state index in [1.165, 1.54) is 19.2 Å². The van der Waals surface area contributed by atoms with Crippen molar-refractivity contribution in [2.24, 2.45) is 0 Å². The molecule has 0 aliphatic carbocycles. The van der Waals surface area contributed by atoms with Gasteiger partial charge in [-0.3, -0.25) is 4.79 Å². The molecule has 29 heavy (non-hydrogen) atoms. The van der Waals surface area contributed by atoms with Crippen LogP contribution in [0.5, 0.6) is 11.5 Å². The number of amides is 1. The van der Waals surface area contributed by atoms with Crippen molar-refractivity contribution < 1.29 is 23.4 Å². The van der Waals surface area contributed by atoms with E-state index in [9.17, 15) is 9.18 Å². The monoisotopic (exact) mass is 395 g/mol. The molecule has 3 aromatic carbocycles. The molecule has 0 aromatic heterocycles. The Bertz CT molecular complexity index is 973. The second-order valence-corrected chi connectivity index (χ2v) is 6.34. The van der Waals surface area contributed by atoms with Crippen LogP contribution in [0, 0.1) is 5.82 Å². The maximum atomic E-state index is 14.1. The van der Waals surface area contributed by atoms with Crippen molar-refractivity contribution in [3.8, 4) is 11.5 Å². The summed E-state index contributed by atoms with van der Waals surface area (Å²) in [5, 5.41) is 2.71. The zero-order valence-electron chi connectivity index (χ0n) is 16.3. The van der Waals surface area contributed by atoms with Crippen LogP contribution in [0.4, 0.5) is 10.1 Å². The van der Waals surface area contributed by atoms with E-state index in [2.05, 4.69) is 5.32 Å². The number of benzene rings is 3. The average molecular weight is 395 g/mol. The highest BCUT2D eigenvalue weighted by atomic mass is 19.1. The second kappa shape index (κ2) is 9.71. The van der Waals surface area contributed by atoms with E-state index in [0.717, 1.165) is 16.9 Å². The molecule has 1 amide bonds. The first-order valence-electron chi connectivity index (χ1n) is 9.03. The predicted molar refractivity (Wildman–Crippen MR) is 109 cm³/mol. The molecule has 0 atom stereocenters. The van der Waals surface area contributed by atoms with Gasteiger partial charge in [0.2, 0.25) is 0 Å². The Morgan fingerprint density at radius 1 is 0.862 bits per heavy atom. The van der Waals surface area contributed by atoms with Crippen LogP contribution in [0.3, 0.4) is 0 Å². The van der Waals surface area contributed by atoms with Crippen LogP contribution in [-0.2, 0) is 18.0 Å². The van der Waals surface area contributed by atoms with Gasteiger partial charge in [-0.25, -0.2) is 4.39 Å². The van der Waals surface area contributed by atoms with Crippen molar-refractivity contribution in [2.45, 2.75) is 13.2 Å². The standard InChI is InChI=1S/C23H22FNO4/c1-27-19-8-6-16(7-9-19)14-29-15-17-4-3-5-18(12-17)25-23(26)21-11-10-20(28-2)13-22(21)24/h3-13H,14-15H2,1-2H3,(H,25,26). The SMILES string of the molecule is COc1ccc(COCc2cccc(NC(=O)c3ccc(OC)cc3F)c2)cc1. The number of anilines is 1. The third kappa shape index (κ3) is 5.56. The molecule has 0 fully saturated rings. The molecule has 3 rings (SSSR count). The average Bonchev–Trinajstić information content (AvgIpc) is 2.74. The van der Waals surface area contributed by atoms with Gasteiger partial charge in [-0.15, -0.1) is 0 Å². The van der Waals surface area contributed by atoms with Crippen LogP contribution in [-0.4, -0.2) is 20.1 Å². The summed E-state index contributed by atoms with van der Waals surface area (Å²) in [7, 11) is 3.07. The summed E-state index contributed by atoms with van der Waals surface area (Å²) in [5.74, 6) is -0.0113. The minimum atomic E-state index is -0.638. The third-order valence-electron chi connectivity index (χ3n) is 4.30. The van der Waals surface area contributed by atoms with Gasteiger partial charge < -0.3 is 19.5 Å². The fourth-order valence-electron chi connectivity index (χ4n) is 2.75. The summed E-state index contributed by atoms with van der Waals surface area (Å²) in [6.45, 7) is 0.838. The van der Waals surface area contributed by atoms with Crippen LogP contribution in [0.15, 0.2) is 66.7 Å². The van der Waals surface area contributed by atoms with Gasteiger partial charge >= 0.3 is 0 Å². The summed E-state index contributed by atoms with van der Waals surface area (Å²) < 4.78 is 29.9. The molecule has 0 aliphatic heterocycles. The van der Waals surface area contributed by atoms with Crippen LogP contribution in [0.25, 0.3) is 0 Å². The van der Waals surface area contributed by atoms with Gasteiger partial charge in [0.25, 0.3) is 5.91 Å². The zero-order valence-corrected chi connectivity index (χ0v) is 16.3. The summed E-state index contributed by atoms with van der Waals surface area (Å²) >= 11 is 0. The predicted octanol–water partition coefficient (Wildman–Crippen LogP) is 4.81. The molecule has 0 heterocycles. The lowest BCUT2D eigenvalue weighted by molar-refractivity contribution is 0.102. The van der Waals surface area contributed by atoms with Crippen molar-refractivity contribution in [3.63, 3.8) is 0 Å². The Morgan fingerprint density at radius 2 is 1.55 bits per heavy atom. The number of carbonyl (C=O) groups excluding carboxylic acids is 1. The molecule has 1 N–H and O–H groups in total. The van der Waals surface area contributed by atoms with Crippen molar-refractivity contribution in [1.29, 1.82) is 0 Å². The minimum Gasteiger partial charge on any atom is -0.497 e. The van der Waals surface area contributed by atoms with Crippen molar-refractivity contribution in [3.05, 3.63) is 89.2 Å². The number of hydrogen-bond acceptors (Lipinski definition) is 4. The number of methoxy groups -OCH3 is 2. The fourth-order valence-corrected chi connectivity index (χ4v) is 2.75. The van der Waals surface area contributed by atoms with Crippen LogP contribution < -0.4 is 14.8 Å².